The molecule has 1 heterocycles. The van der Waals surface area contributed by atoms with Crippen molar-refractivity contribution in [3.63, 3.8) is 0 Å². The van der Waals surface area contributed by atoms with Gasteiger partial charge in [0, 0.05) is 6.54 Å². The van der Waals surface area contributed by atoms with Crippen LogP contribution in [-0.2, 0) is 4.79 Å². The topological polar surface area (TPSA) is 79.5 Å². The molecule has 1 fully saturated rings. The molecule has 1 aromatic rings. The SMILES string of the molecule is Cc1cc(C(=O)NCC2(C(=O)O)CC2)c(C)o1. The van der Waals surface area contributed by atoms with Gasteiger partial charge in [0.2, 0.25) is 0 Å². The summed E-state index contributed by atoms with van der Waals surface area (Å²) in [6.45, 7) is 3.67. The molecule has 1 aromatic heterocycles. The highest BCUT2D eigenvalue weighted by molar-refractivity contribution is 5.95. The van der Waals surface area contributed by atoms with E-state index in [9.17, 15) is 9.59 Å². The Labute approximate surface area is 98.8 Å². The van der Waals surface area contributed by atoms with Gasteiger partial charge in [0.05, 0.1) is 11.0 Å². The van der Waals surface area contributed by atoms with E-state index in [1.165, 1.54) is 0 Å². The molecule has 5 nitrogen and oxygen atoms in total. The molecule has 0 radical (unpaired) electrons. The van der Waals surface area contributed by atoms with Crippen LogP contribution in [0.4, 0.5) is 0 Å². The third kappa shape index (κ3) is 2.18. The van der Waals surface area contributed by atoms with Crippen molar-refractivity contribution in [2.75, 3.05) is 6.54 Å². The van der Waals surface area contributed by atoms with E-state index in [-0.39, 0.29) is 12.5 Å². The Morgan fingerprint density at radius 3 is 2.53 bits per heavy atom. The van der Waals surface area contributed by atoms with Crippen molar-refractivity contribution in [2.45, 2.75) is 26.7 Å². The summed E-state index contributed by atoms with van der Waals surface area (Å²) in [6, 6.07) is 1.66. The van der Waals surface area contributed by atoms with Gasteiger partial charge >= 0.3 is 5.97 Å². The summed E-state index contributed by atoms with van der Waals surface area (Å²) in [5.41, 5.74) is -0.258. The first kappa shape index (κ1) is 11.7. The van der Waals surface area contributed by atoms with Crippen molar-refractivity contribution >= 4 is 11.9 Å². The van der Waals surface area contributed by atoms with E-state index in [0.717, 1.165) is 0 Å². The molecule has 92 valence electrons. The van der Waals surface area contributed by atoms with E-state index in [0.29, 0.717) is 29.9 Å². The number of carboxylic acid groups (broad SMARTS) is 1. The number of carbonyl (C=O) groups is 2. The van der Waals surface area contributed by atoms with Gasteiger partial charge < -0.3 is 14.8 Å². The van der Waals surface area contributed by atoms with Gasteiger partial charge in [-0.2, -0.15) is 0 Å². The van der Waals surface area contributed by atoms with Crippen LogP contribution in [0.3, 0.4) is 0 Å². The average Bonchev–Trinajstić information content (AvgIpc) is 2.97. The quantitative estimate of drug-likeness (QED) is 0.831. The molecule has 2 N–H and O–H groups in total. The van der Waals surface area contributed by atoms with Gasteiger partial charge in [-0.15, -0.1) is 0 Å². The lowest BCUT2D eigenvalue weighted by atomic mass is 10.1. The number of furan rings is 1. The molecule has 0 aromatic carbocycles. The van der Waals surface area contributed by atoms with Crippen LogP contribution in [0.1, 0.15) is 34.7 Å². The molecule has 0 unspecified atom stereocenters. The van der Waals surface area contributed by atoms with Crippen molar-refractivity contribution in [1.82, 2.24) is 5.32 Å². The first-order chi connectivity index (χ1) is 7.94. The number of rotatable bonds is 4. The van der Waals surface area contributed by atoms with E-state index in [1.807, 2.05) is 0 Å². The Kier molecular flexibility index (Phi) is 2.69. The van der Waals surface area contributed by atoms with Crippen LogP contribution in [0, 0.1) is 19.3 Å². The van der Waals surface area contributed by atoms with Gasteiger partial charge in [-0.3, -0.25) is 9.59 Å². The second-order valence-electron chi connectivity index (χ2n) is 4.60. The number of amides is 1. The van der Waals surface area contributed by atoms with Crippen LogP contribution in [0.25, 0.3) is 0 Å². The molecule has 5 heteroatoms. The van der Waals surface area contributed by atoms with Gasteiger partial charge in [-0.25, -0.2) is 0 Å². The van der Waals surface area contributed by atoms with Crippen LogP contribution in [0.15, 0.2) is 10.5 Å². The Bertz CT molecular complexity index is 471. The highest BCUT2D eigenvalue weighted by Gasteiger charge is 2.50. The lowest BCUT2D eigenvalue weighted by molar-refractivity contribution is -0.143. The van der Waals surface area contributed by atoms with Crippen molar-refractivity contribution in [2.24, 2.45) is 5.41 Å². The third-order valence-electron chi connectivity index (χ3n) is 3.18. The Balaban J connectivity index is 1.99. The molecule has 2 rings (SSSR count). The summed E-state index contributed by atoms with van der Waals surface area (Å²) in [4.78, 5) is 22.7. The number of hydrogen-bond acceptors (Lipinski definition) is 3. The standard InChI is InChI=1S/C12H15NO4/c1-7-5-9(8(2)17-7)10(14)13-6-12(3-4-12)11(15)16/h5H,3-4,6H2,1-2H3,(H,13,14)(H,15,16). The maximum Gasteiger partial charge on any atom is 0.311 e. The highest BCUT2D eigenvalue weighted by Crippen LogP contribution is 2.45. The number of aryl methyl sites for hydroxylation is 2. The first-order valence-electron chi connectivity index (χ1n) is 5.53. The second kappa shape index (κ2) is 3.91. The normalized spacial score (nSPS) is 16.6. The van der Waals surface area contributed by atoms with Crippen LogP contribution >= 0.6 is 0 Å². The van der Waals surface area contributed by atoms with Crippen molar-refractivity contribution in [1.29, 1.82) is 0 Å². The molecule has 17 heavy (non-hydrogen) atoms. The molecule has 1 aliphatic rings. The summed E-state index contributed by atoms with van der Waals surface area (Å²) in [7, 11) is 0. The Hall–Kier alpha value is -1.78. The summed E-state index contributed by atoms with van der Waals surface area (Å²) in [6.07, 6.45) is 1.26. The minimum atomic E-state index is -0.835. The molecule has 0 saturated heterocycles. The molecular weight excluding hydrogens is 222 g/mol. The largest absolute Gasteiger partial charge is 0.481 e. The molecule has 1 aliphatic carbocycles. The van der Waals surface area contributed by atoms with E-state index in [2.05, 4.69) is 5.32 Å². The number of aliphatic carboxylic acids is 1. The summed E-state index contributed by atoms with van der Waals surface area (Å²) in [5.74, 6) is 0.122. The molecule has 0 atom stereocenters. The zero-order valence-electron chi connectivity index (χ0n) is 9.87. The highest BCUT2D eigenvalue weighted by atomic mass is 16.4. The minimum Gasteiger partial charge on any atom is -0.481 e. The third-order valence-corrected chi connectivity index (χ3v) is 3.18. The molecule has 1 amide bonds. The zero-order valence-corrected chi connectivity index (χ0v) is 9.87. The van der Waals surface area contributed by atoms with Crippen LogP contribution < -0.4 is 5.32 Å². The molecule has 0 aliphatic heterocycles. The van der Waals surface area contributed by atoms with Gasteiger partial charge in [0.15, 0.2) is 0 Å². The fourth-order valence-electron chi connectivity index (χ4n) is 1.82. The van der Waals surface area contributed by atoms with Crippen molar-refractivity contribution in [3.05, 3.63) is 23.2 Å². The number of carboxylic acids is 1. The Morgan fingerprint density at radius 1 is 1.47 bits per heavy atom. The predicted molar refractivity (Wildman–Crippen MR) is 59.8 cm³/mol. The van der Waals surface area contributed by atoms with E-state index in [4.69, 9.17) is 9.52 Å². The lowest BCUT2D eigenvalue weighted by Gasteiger charge is -2.10. The second-order valence-corrected chi connectivity index (χ2v) is 4.60. The fraction of sp³-hybridized carbons (Fsp3) is 0.500. The number of nitrogens with one attached hydrogen (secondary N) is 1. The summed E-state index contributed by atoms with van der Waals surface area (Å²) in [5, 5.41) is 11.6. The molecule has 0 spiro atoms. The van der Waals surface area contributed by atoms with Gasteiger partial charge in [-0.05, 0) is 32.8 Å². The summed E-state index contributed by atoms with van der Waals surface area (Å²) >= 11 is 0. The fourth-order valence-corrected chi connectivity index (χ4v) is 1.82. The van der Waals surface area contributed by atoms with Gasteiger partial charge in [0.25, 0.3) is 5.91 Å². The monoisotopic (exact) mass is 237 g/mol. The van der Waals surface area contributed by atoms with E-state index >= 15 is 0 Å². The zero-order chi connectivity index (χ0) is 12.6. The Morgan fingerprint density at radius 2 is 2.12 bits per heavy atom. The smallest absolute Gasteiger partial charge is 0.311 e. The van der Waals surface area contributed by atoms with Gasteiger partial charge in [0.1, 0.15) is 11.5 Å². The predicted octanol–water partition coefficient (Wildman–Crippen LogP) is 1.49. The number of carbonyl (C=O) groups excluding carboxylic acids is 1. The number of hydrogen-bond donors (Lipinski definition) is 2. The van der Waals surface area contributed by atoms with Crippen molar-refractivity contribution in [3.8, 4) is 0 Å². The van der Waals surface area contributed by atoms with Crippen LogP contribution in [0.2, 0.25) is 0 Å². The van der Waals surface area contributed by atoms with Crippen LogP contribution in [-0.4, -0.2) is 23.5 Å². The lowest BCUT2D eigenvalue weighted by Crippen LogP contribution is -2.34. The maximum atomic E-state index is 11.8. The van der Waals surface area contributed by atoms with Crippen molar-refractivity contribution < 1.29 is 19.1 Å². The van der Waals surface area contributed by atoms with E-state index in [1.54, 1.807) is 19.9 Å². The molecule has 0 bridgehead atoms. The van der Waals surface area contributed by atoms with Gasteiger partial charge in [-0.1, -0.05) is 0 Å². The minimum absolute atomic E-state index is 0.185. The maximum absolute atomic E-state index is 11.8. The van der Waals surface area contributed by atoms with E-state index < -0.39 is 11.4 Å². The first-order valence-corrected chi connectivity index (χ1v) is 5.53. The molecule has 1 saturated carbocycles. The molecular formula is C12H15NO4. The average molecular weight is 237 g/mol. The summed E-state index contributed by atoms with van der Waals surface area (Å²) < 4.78 is 5.25. The van der Waals surface area contributed by atoms with Crippen LogP contribution in [0.5, 0.6) is 0 Å².